The summed E-state index contributed by atoms with van der Waals surface area (Å²) < 4.78 is 0. The Hall–Kier alpha value is -2.11. The van der Waals surface area contributed by atoms with Crippen molar-refractivity contribution in [3.63, 3.8) is 0 Å². The molecule has 6 heteroatoms. The number of aryl methyl sites for hydroxylation is 1. The highest BCUT2D eigenvalue weighted by Crippen LogP contribution is 2.11. The third-order valence-corrected chi connectivity index (χ3v) is 2.77. The lowest BCUT2D eigenvalue weighted by Gasteiger charge is -2.18. The number of rotatable bonds is 5. The second-order valence-electron chi connectivity index (χ2n) is 5.26. The zero-order chi connectivity index (χ0) is 15.3. The minimum atomic E-state index is -0.262. The van der Waals surface area contributed by atoms with Crippen LogP contribution in [0.2, 0.25) is 0 Å². The van der Waals surface area contributed by atoms with E-state index in [1.54, 1.807) is 20.0 Å². The van der Waals surface area contributed by atoms with Crippen LogP contribution in [0.3, 0.4) is 0 Å². The van der Waals surface area contributed by atoms with E-state index in [1.165, 1.54) is 11.1 Å². The molecule has 1 rings (SSSR count). The molecule has 0 atom stereocenters. The first-order valence-corrected chi connectivity index (χ1v) is 6.55. The number of aromatic nitrogens is 1. The van der Waals surface area contributed by atoms with Gasteiger partial charge in [-0.3, -0.25) is 14.6 Å². The third kappa shape index (κ3) is 4.53. The molecule has 3 N–H and O–H groups in total. The highest BCUT2D eigenvalue weighted by Gasteiger charge is 2.17. The molecule has 0 aromatic carbocycles. The van der Waals surface area contributed by atoms with E-state index in [1.807, 2.05) is 13.8 Å². The van der Waals surface area contributed by atoms with Crippen LogP contribution in [0.5, 0.6) is 0 Å². The Morgan fingerprint density at radius 1 is 1.45 bits per heavy atom. The Kier molecular flexibility index (Phi) is 5.49. The number of nitrogen functional groups attached to an aromatic ring is 1. The summed E-state index contributed by atoms with van der Waals surface area (Å²) in [5.41, 5.74) is 7.08. The number of nitrogens with zero attached hydrogens (tertiary/aromatic N) is 2. The van der Waals surface area contributed by atoms with Gasteiger partial charge in [0, 0.05) is 13.6 Å². The molecule has 0 saturated heterocycles. The molecule has 0 saturated carbocycles. The van der Waals surface area contributed by atoms with E-state index >= 15 is 0 Å². The molecule has 0 unspecified atom stereocenters. The number of amides is 2. The lowest BCUT2D eigenvalue weighted by molar-refractivity contribution is -0.121. The lowest BCUT2D eigenvalue weighted by atomic mass is 10.1. The molecule has 2 amide bonds. The quantitative estimate of drug-likeness (QED) is 0.834. The maximum absolute atomic E-state index is 12.2. The monoisotopic (exact) mass is 278 g/mol. The molecule has 0 aliphatic rings. The Morgan fingerprint density at radius 2 is 2.10 bits per heavy atom. The third-order valence-electron chi connectivity index (χ3n) is 2.77. The Morgan fingerprint density at radius 3 is 2.70 bits per heavy atom. The highest BCUT2D eigenvalue weighted by atomic mass is 16.2. The summed E-state index contributed by atoms with van der Waals surface area (Å²) in [6.07, 6.45) is 1.50. The Balaban J connectivity index is 2.67. The number of anilines is 1. The number of carbonyl (C=O) groups excluding carboxylic acids is 2. The van der Waals surface area contributed by atoms with Crippen molar-refractivity contribution in [2.45, 2.75) is 20.8 Å². The number of hydrogen-bond donors (Lipinski definition) is 2. The molecule has 110 valence electrons. The van der Waals surface area contributed by atoms with E-state index in [9.17, 15) is 9.59 Å². The second-order valence-corrected chi connectivity index (χ2v) is 5.26. The van der Waals surface area contributed by atoms with Gasteiger partial charge in [0.2, 0.25) is 5.91 Å². The van der Waals surface area contributed by atoms with E-state index in [0.29, 0.717) is 29.4 Å². The van der Waals surface area contributed by atoms with Gasteiger partial charge in [-0.2, -0.15) is 0 Å². The van der Waals surface area contributed by atoms with Crippen LogP contribution >= 0.6 is 0 Å². The van der Waals surface area contributed by atoms with Gasteiger partial charge >= 0.3 is 0 Å². The maximum atomic E-state index is 12.2. The van der Waals surface area contributed by atoms with Crippen LogP contribution in [0.4, 0.5) is 5.69 Å². The van der Waals surface area contributed by atoms with Gasteiger partial charge in [0.25, 0.3) is 5.91 Å². The van der Waals surface area contributed by atoms with Crippen molar-refractivity contribution in [1.82, 2.24) is 15.2 Å². The number of carbonyl (C=O) groups is 2. The van der Waals surface area contributed by atoms with E-state index in [4.69, 9.17) is 5.73 Å². The van der Waals surface area contributed by atoms with Gasteiger partial charge in [0.15, 0.2) is 0 Å². The van der Waals surface area contributed by atoms with Crippen molar-refractivity contribution >= 4 is 17.5 Å². The maximum Gasteiger partial charge on any atom is 0.255 e. The van der Waals surface area contributed by atoms with Crippen molar-refractivity contribution in [1.29, 1.82) is 0 Å². The van der Waals surface area contributed by atoms with Crippen molar-refractivity contribution in [2.75, 3.05) is 25.9 Å². The molecule has 0 spiro atoms. The first kappa shape index (κ1) is 15.9. The summed E-state index contributed by atoms with van der Waals surface area (Å²) in [5.74, 6) is -0.0635. The molecule has 0 aliphatic heterocycles. The summed E-state index contributed by atoms with van der Waals surface area (Å²) in [5, 5.41) is 2.77. The average molecular weight is 278 g/mol. The van der Waals surface area contributed by atoms with Crippen molar-refractivity contribution in [3.8, 4) is 0 Å². The first-order chi connectivity index (χ1) is 9.31. The Labute approximate surface area is 119 Å². The minimum absolute atomic E-state index is 0.0137. The molecule has 1 aromatic heterocycles. The van der Waals surface area contributed by atoms with E-state index in [0.717, 1.165) is 0 Å². The molecule has 20 heavy (non-hydrogen) atoms. The molecule has 6 nitrogen and oxygen atoms in total. The van der Waals surface area contributed by atoms with Crippen LogP contribution in [0.1, 0.15) is 29.9 Å². The van der Waals surface area contributed by atoms with Gasteiger partial charge in [-0.15, -0.1) is 0 Å². The number of nitrogens with two attached hydrogens (primary N) is 1. The molecular weight excluding hydrogens is 256 g/mol. The molecule has 1 heterocycles. The molecule has 1 aromatic rings. The summed E-state index contributed by atoms with van der Waals surface area (Å²) >= 11 is 0. The average Bonchev–Trinajstić information content (AvgIpc) is 2.38. The van der Waals surface area contributed by atoms with Gasteiger partial charge in [-0.1, -0.05) is 13.8 Å². The fraction of sp³-hybridized carbons (Fsp3) is 0.500. The summed E-state index contributed by atoms with van der Waals surface area (Å²) in [4.78, 5) is 29.3. The zero-order valence-electron chi connectivity index (χ0n) is 12.4. The second kappa shape index (κ2) is 6.88. The van der Waals surface area contributed by atoms with E-state index in [-0.39, 0.29) is 18.4 Å². The van der Waals surface area contributed by atoms with Crippen LogP contribution in [0.25, 0.3) is 0 Å². The van der Waals surface area contributed by atoms with Gasteiger partial charge in [-0.25, -0.2) is 0 Å². The largest absolute Gasteiger partial charge is 0.397 e. The predicted octanol–water partition coefficient (Wildman–Crippen LogP) is 0.816. The van der Waals surface area contributed by atoms with Gasteiger partial charge < -0.3 is 16.0 Å². The van der Waals surface area contributed by atoms with E-state index in [2.05, 4.69) is 10.3 Å². The van der Waals surface area contributed by atoms with Crippen LogP contribution < -0.4 is 11.1 Å². The molecule has 0 fully saturated rings. The standard InChI is InChI=1S/C14H22N4O2/c1-9(2)6-17-13(19)8-18(4)14(20)12-5-11(15)7-16-10(12)3/h5,7,9H,6,8,15H2,1-4H3,(H,17,19). The summed E-state index contributed by atoms with van der Waals surface area (Å²) in [6.45, 7) is 6.37. The summed E-state index contributed by atoms with van der Waals surface area (Å²) in [7, 11) is 1.58. The van der Waals surface area contributed by atoms with Crippen molar-refractivity contribution in [2.24, 2.45) is 5.92 Å². The summed E-state index contributed by atoms with van der Waals surface area (Å²) in [6, 6.07) is 1.58. The van der Waals surface area contributed by atoms with Gasteiger partial charge in [-0.05, 0) is 18.9 Å². The van der Waals surface area contributed by atoms with Crippen LogP contribution in [0, 0.1) is 12.8 Å². The minimum Gasteiger partial charge on any atom is -0.397 e. The molecular formula is C14H22N4O2. The highest BCUT2D eigenvalue weighted by molar-refractivity contribution is 5.97. The smallest absolute Gasteiger partial charge is 0.255 e. The Bertz CT molecular complexity index is 500. The first-order valence-electron chi connectivity index (χ1n) is 6.55. The van der Waals surface area contributed by atoms with Crippen molar-refractivity contribution < 1.29 is 9.59 Å². The number of hydrogen-bond acceptors (Lipinski definition) is 4. The van der Waals surface area contributed by atoms with Crippen LogP contribution in [-0.4, -0.2) is 41.8 Å². The number of likely N-dealkylation sites (N-methyl/N-ethyl adjacent to an activating group) is 1. The fourth-order valence-corrected chi connectivity index (χ4v) is 1.63. The normalized spacial score (nSPS) is 10.4. The predicted molar refractivity (Wildman–Crippen MR) is 78.2 cm³/mol. The molecule has 0 radical (unpaired) electrons. The fourth-order valence-electron chi connectivity index (χ4n) is 1.63. The van der Waals surface area contributed by atoms with E-state index < -0.39 is 0 Å². The molecule has 0 aliphatic carbocycles. The lowest BCUT2D eigenvalue weighted by Crippen LogP contribution is -2.39. The molecule has 0 bridgehead atoms. The SMILES string of the molecule is Cc1ncc(N)cc1C(=O)N(C)CC(=O)NCC(C)C. The number of nitrogens with one attached hydrogen (secondary N) is 1. The topological polar surface area (TPSA) is 88.3 Å². The van der Waals surface area contributed by atoms with Gasteiger partial charge in [0.1, 0.15) is 0 Å². The van der Waals surface area contributed by atoms with Crippen LogP contribution in [0.15, 0.2) is 12.3 Å². The zero-order valence-corrected chi connectivity index (χ0v) is 12.4. The van der Waals surface area contributed by atoms with Gasteiger partial charge in [0.05, 0.1) is 29.7 Å². The van der Waals surface area contributed by atoms with Crippen LogP contribution in [-0.2, 0) is 4.79 Å². The number of pyridine rings is 1. The van der Waals surface area contributed by atoms with Crippen molar-refractivity contribution in [3.05, 3.63) is 23.5 Å².